The summed E-state index contributed by atoms with van der Waals surface area (Å²) in [6, 6.07) is 3.47. The molecule has 1 atom stereocenters. The molecule has 0 bridgehead atoms. The molecule has 0 saturated carbocycles. The lowest BCUT2D eigenvalue weighted by Crippen LogP contribution is -2.42. The topological polar surface area (TPSA) is 98.5 Å². The van der Waals surface area contributed by atoms with Gasteiger partial charge in [-0.25, -0.2) is 8.42 Å². The average molecular weight is 272 g/mol. The molecule has 100 valence electrons. The molecule has 0 heterocycles. The van der Waals surface area contributed by atoms with Gasteiger partial charge in [-0.1, -0.05) is 0 Å². The number of methoxy groups -OCH3 is 1. The maximum atomic E-state index is 11.9. The number of carbonyl (C=O) groups excluding carboxylic acids is 1. The van der Waals surface area contributed by atoms with Crippen molar-refractivity contribution in [3.63, 3.8) is 0 Å². The molecule has 0 radical (unpaired) electrons. The zero-order chi connectivity index (χ0) is 13.9. The van der Waals surface area contributed by atoms with Crippen molar-refractivity contribution in [1.82, 2.24) is 4.72 Å². The molecule has 18 heavy (non-hydrogen) atoms. The van der Waals surface area contributed by atoms with Gasteiger partial charge in [-0.2, -0.15) is 4.72 Å². The van der Waals surface area contributed by atoms with Gasteiger partial charge in [-0.3, -0.25) is 4.79 Å². The largest absolute Gasteiger partial charge is 0.496 e. The van der Waals surface area contributed by atoms with Gasteiger partial charge in [0.2, 0.25) is 15.9 Å². The van der Waals surface area contributed by atoms with Crippen LogP contribution in [0.4, 0.5) is 0 Å². The van der Waals surface area contributed by atoms with E-state index in [0.29, 0.717) is 11.3 Å². The first-order valence-corrected chi connectivity index (χ1v) is 6.72. The van der Waals surface area contributed by atoms with E-state index < -0.39 is 22.0 Å². The van der Waals surface area contributed by atoms with E-state index in [0.717, 1.165) is 0 Å². The summed E-state index contributed by atoms with van der Waals surface area (Å²) in [5, 5.41) is 0. The van der Waals surface area contributed by atoms with E-state index >= 15 is 0 Å². The van der Waals surface area contributed by atoms with Gasteiger partial charge in [0.05, 0.1) is 18.0 Å². The highest BCUT2D eigenvalue weighted by atomic mass is 32.2. The second-order valence-corrected chi connectivity index (χ2v) is 5.59. The van der Waals surface area contributed by atoms with E-state index in [4.69, 9.17) is 10.5 Å². The quantitative estimate of drug-likeness (QED) is 0.797. The molecule has 0 aromatic heterocycles. The standard InChI is InChI=1S/C11H16N2O4S/c1-7-6-9(4-5-10(7)17-3)18(15,16)13-8(2)11(12)14/h4-6,8,13H,1-3H3,(H2,12,14)/t8-/m0/s1. The lowest BCUT2D eigenvalue weighted by atomic mass is 10.2. The summed E-state index contributed by atoms with van der Waals surface area (Å²) in [5.41, 5.74) is 5.70. The van der Waals surface area contributed by atoms with Crippen molar-refractivity contribution in [2.45, 2.75) is 24.8 Å². The Morgan fingerprint density at radius 1 is 1.44 bits per heavy atom. The highest BCUT2D eigenvalue weighted by Crippen LogP contribution is 2.21. The third kappa shape index (κ3) is 3.21. The smallest absolute Gasteiger partial charge is 0.241 e. The minimum atomic E-state index is -3.76. The summed E-state index contributed by atoms with van der Waals surface area (Å²) < 4.78 is 31.1. The van der Waals surface area contributed by atoms with Gasteiger partial charge in [0, 0.05) is 0 Å². The van der Waals surface area contributed by atoms with E-state index in [1.165, 1.54) is 26.2 Å². The van der Waals surface area contributed by atoms with E-state index in [1.807, 2.05) is 0 Å². The second-order valence-electron chi connectivity index (χ2n) is 3.88. The summed E-state index contributed by atoms with van der Waals surface area (Å²) >= 11 is 0. The zero-order valence-corrected chi connectivity index (χ0v) is 11.2. The second kappa shape index (κ2) is 5.36. The Bertz CT molecular complexity index is 554. The number of carbonyl (C=O) groups is 1. The number of amides is 1. The molecule has 0 saturated heterocycles. The maximum absolute atomic E-state index is 11.9. The lowest BCUT2D eigenvalue weighted by Gasteiger charge is -2.12. The van der Waals surface area contributed by atoms with Crippen LogP contribution in [0.5, 0.6) is 5.75 Å². The van der Waals surface area contributed by atoms with Crippen LogP contribution in [0.15, 0.2) is 23.1 Å². The van der Waals surface area contributed by atoms with E-state index in [2.05, 4.69) is 4.72 Å². The van der Waals surface area contributed by atoms with Crippen LogP contribution in [-0.4, -0.2) is 27.5 Å². The van der Waals surface area contributed by atoms with Crippen molar-refractivity contribution in [1.29, 1.82) is 0 Å². The number of rotatable bonds is 5. The fourth-order valence-electron chi connectivity index (χ4n) is 1.38. The summed E-state index contributed by atoms with van der Waals surface area (Å²) in [5.74, 6) is -0.138. The SMILES string of the molecule is COc1ccc(S(=O)(=O)N[C@@H](C)C(N)=O)cc1C. The molecule has 7 heteroatoms. The normalized spacial score (nSPS) is 13.1. The van der Waals surface area contributed by atoms with Gasteiger partial charge in [0.1, 0.15) is 5.75 Å². The number of hydrogen-bond acceptors (Lipinski definition) is 4. The molecule has 3 N–H and O–H groups in total. The van der Waals surface area contributed by atoms with Crippen LogP contribution in [0.25, 0.3) is 0 Å². The minimum absolute atomic E-state index is 0.0638. The predicted molar refractivity (Wildman–Crippen MR) is 66.7 cm³/mol. The number of ether oxygens (including phenoxy) is 1. The Balaban J connectivity index is 3.06. The maximum Gasteiger partial charge on any atom is 0.241 e. The number of hydrogen-bond donors (Lipinski definition) is 2. The third-order valence-electron chi connectivity index (χ3n) is 2.44. The zero-order valence-electron chi connectivity index (χ0n) is 10.4. The molecular weight excluding hydrogens is 256 g/mol. The van der Waals surface area contributed by atoms with E-state index in [9.17, 15) is 13.2 Å². The molecule has 0 aliphatic carbocycles. The van der Waals surface area contributed by atoms with Crippen LogP contribution in [0.1, 0.15) is 12.5 Å². The molecule has 1 aromatic carbocycles. The number of aryl methyl sites for hydroxylation is 1. The van der Waals surface area contributed by atoms with Crippen molar-refractivity contribution in [3.8, 4) is 5.75 Å². The molecule has 1 amide bonds. The van der Waals surface area contributed by atoms with Crippen LogP contribution in [0.3, 0.4) is 0 Å². The van der Waals surface area contributed by atoms with E-state index in [1.54, 1.807) is 13.0 Å². The Morgan fingerprint density at radius 3 is 2.50 bits per heavy atom. The van der Waals surface area contributed by atoms with Crippen LogP contribution < -0.4 is 15.2 Å². The number of nitrogens with two attached hydrogens (primary N) is 1. The first-order chi connectivity index (χ1) is 8.27. The third-order valence-corrected chi connectivity index (χ3v) is 3.97. The number of primary amides is 1. The monoisotopic (exact) mass is 272 g/mol. The van der Waals surface area contributed by atoms with Crippen LogP contribution in [-0.2, 0) is 14.8 Å². The highest BCUT2D eigenvalue weighted by molar-refractivity contribution is 7.89. The highest BCUT2D eigenvalue weighted by Gasteiger charge is 2.20. The van der Waals surface area contributed by atoms with E-state index in [-0.39, 0.29) is 4.90 Å². The van der Waals surface area contributed by atoms with Crippen molar-refractivity contribution < 1.29 is 17.9 Å². The van der Waals surface area contributed by atoms with Crippen molar-refractivity contribution >= 4 is 15.9 Å². The molecule has 1 rings (SSSR count). The summed E-state index contributed by atoms with van der Waals surface area (Å²) in [6.45, 7) is 3.12. The average Bonchev–Trinajstić information content (AvgIpc) is 2.28. The van der Waals surface area contributed by atoms with Crippen molar-refractivity contribution in [2.24, 2.45) is 5.73 Å². The molecule has 6 nitrogen and oxygen atoms in total. The Morgan fingerprint density at radius 2 is 2.06 bits per heavy atom. The summed E-state index contributed by atoms with van der Waals surface area (Å²) in [6.07, 6.45) is 0. The first-order valence-electron chi connectivity index (χ1n) is 5.24. The van der Waals surface area contributed by atoms with Gasteiger partial charge in [0.25, 0.3) is 0 Å². The fraction of sp³-hybridized carbons (Fsp3) is 0.364. The van der Waals surface area contributed by atoms with Crippen molar-refractivity contribution in [2.75, 3.05) is 7.11 Å². The van der Waals surface area contributed by atoms with Crippen LogP contribution in [0.2, 0.25) is 0 Å². The molecular formula is C11H16N2O4S. The fourth-order valence-corrected chi connectivity index (χ4v) is 2.67. The number of sulfonamides is 1. The Labute approximate surface area is 106 Å². The predicted octanol–water partition coefficient (Wildman–Crippen LogP) is 0.156. The molecule has 0 fully saturated rings. The summed E-state index contributed by atoms with van der Waals surface area (Å²) in [4.78, 5) is 10.9. The Kier molecular flexibility index (Phi) is 4.31. The number of nitrogens with one attached hydrogen (secondary N) is 1. The molecule has 0 spiro atoms. The van der Waals surface area contributed by atoms with Crippen molar-refractivity contribution in [3.05, 3.63) is 23.8 Å². The molecule has 0 aliphatic heterocycles. The number of benzene rings is 1. The summed E-state index contributed by atoms with van der Waals surface area (Å²) in [7, 11) is -2.25. The van der Waals surface area contributed by atoms with Gasteiger partial charge < -0.3 is 10.5 Å². The van der Waals surface area contributed by atoms with Gasteiger partial charge in [-0.05, 0) is 37.6 Å². The Hall–Kier alpha value is -1.60. The first kappa shape index (κ1) is 14.5. The van der Waals surface area contributed by atoms with Crippen LogP contribution in [0, 0.1) is 6.92 Å². The van der Waals surface area contributed by atoms with Gasteiger partial charge in [-0.15, -0.1) is 0 Å². The minimum Gasteiger partial charge on any atom is -0.496 e. The molecule has 1 aromatic rings. The lowest BCUT2D eigenvalue weighted by molar-refractivity contribution is -0.119. The van der Waals surface area contributed by atoms with Gasteiger partial charge in [0.15, 0.2) is 0 Å². The molecule has 0 unspecified atom stereocenters. The van der Waals surface area contributed by atoms with Crippen LogP contribution >= 0.6 is 0 Å². The molecule has 0 aliphatic rings. The van der Waals surface area contributed by atoms with Gasteiger partial charge >= 0.3 is 0 Å².